The minimum absolute atomic E-state index is 0.107. The molecule has 4 amide bonds. The maximum atomic E-state index is 12.7. The zero-order chi connectivity index (χ0) is 32.4. The number of carbonyl (C=O) groups is 6. The summed E-state index contributed by atoms with van der Waals surface area (Å²) in [7, 11) is 6.41. The lowest BCUT2D eigenvalue weighted by Gasteiger charge is -2.09. The predicted molar refractivity (Wildman–Crippen MR) is 170 cm³/mol. The summed E-state index contributed by atoms with van der Waals surface area (Å²) in [6.45, 7) is 6.92. The molecule has 236 valence electrons. The molecule has 0 aliphatic carbocycles. The number of nitrogens with one attached hydrogen (secondary N) is 2. The molecule has 2 aromatic heterocycles. The van der Waals surface area contributed by atoms with E-state index >= 15 is 0 Å². The normalized spacial score (nSPS) is 10.6. The Labute approximate surface area is 263 Å². The monoisotopic (exact) mass is 654 g/mol. The third-order valence-corrected chi connectivity index (χ3v) is 9.28. The molecule has 0 aliphatic heterocycles. The van der Waals surface area contributed by atoms with E-state index in [0.29, 0.717) is 32.4 Å². The number of anilines is 2. The lowest BCUT2D eigenvalue weighted by Crippen LogP contribution is -2.21. The Kier molecular flexibility index (Phi) is 13.7. The van der Waals surface area contributed by atoms with Crippen molar-refractivity contribution in [2.75, 3.05) is 63.5 Å². The van der Waals surface area contributed by atoms with Gasteiger partial charge in [-0.05, 0) is 38.8 Å². The number of carbonyl (C=O) groups excluding carboxylic acids is 6. The van der Waals surface area contributed by atoms with Gasteiger partial charge in [0.15, 0.2) is 0 Å². The third kappa shape index (κ3) is 9.28. The number of hydrogen-bond acceptors (Lipinski definition) is 11. The smallest absolute Gasteiger partial charge is 0.341 e. The summed E-state index contributed by atoms with van der Waals surface area (Å²) in [5.41, 5.74) is 1.22. The molecular formula is C28H38N4O8S3. The van der Waals surface area contributed by atoms with Crippen molar-refractivity contribution in [1.29, 1.82) is 0 Å². The van der Waals surface area contributed by atoms with Crippen LogP contribution in [0.1, 0.15) is 77.9 Å². The summed E-state index contributed by atoms with van der Waals surface area (Å²) >= 11 is 3.44. The molecule has 2 rings (SSSR count). The highest BCUT2D eigenvalue weighted by Crippen LogP contribution is 2.36. The van der Waals surface area contributed by atoms with Crippen LogP contribution in [0.5, 0.6) is 0 Å². The van der Waals surface area contributed by atoms with Crippen molar-refractivity contribution < 1.29 is 38.2 Å². The number of rotatable bonds is 14. The van der Waals surface area contributed by atoms with E-state index in [-0.39, 0.29) is 70.8 Å². The number of amides is 4. The first kappa shape index (κ1) is 35.8. The second-order valence-electron chi connectivity index (χ2n) is 9.57. The molecule has 0 aliphatic rings. The topological polar surface area (TPSA) is 151 Å². The first-order valence-electron chi connectivity index (χ1n) is 13.5. The van der Waals surface area contributed by atoms with Crippen molar-refractivity contribution in [3.63, 3.8) is 0 Å². The van der Waals surface area contributed by atoms with Crippen LogP contribution in [-0.2, 0) is 19.1 Å². The molecule has 2 aromatic rings. The van der Waals surface area contributed by atoms with Gasteiger partial charge in [-0.25, -0.2) is 9.59 Å². The molecule has 2 N–H and O–H groups in total. The van der Waals surface area contributed by atoms with Gasteiger partial charge in [-0.15, -0.1) is 22.7 Å². The minimum Gasteiger partial charge on any atom is -0.462 e. The van der Waals surface area contributed by atoms with Gasteiger partial charge >= 0.3 is 11.9 Å². The van der Waals surface area contributed by atoms with Gasteiger partial charge < -0.3 is 29.9 Å². The quantitative estimate of drug-likeness (QED) is 0.225. The van der Waals surface area contributed by atoms with Crippen LogP contribution in [0, 0.1) is 13.8 Å². The fraction of sp³-hybridized carbons (Fsp3) is 0.500. The minimum atomic E-state index is -0.616. The highest BCUT2D eigenvalue weighted by Gasteiger charge is 2.28. The van der Waals surface area contributed by atoms with E-state index in [1.807, 2.05) is 0 Å². The second kappa shape index (κ2) is 16.4. The highest BCUT2D eigenvalue weighted by atomic mass is 32.2. The molecule has 0 atom stereocenters. The average molecular weight is 655 g/mol. The lowest BCUT2D eigenvalue weighted by atomic mass is 10.1. The van der Waals surface area contributed by atoms with Crippen LogP contribution in [0.15, 0.2) is 0 Å². The van der Waals surface area contributed by atoms with Crippen LogP contribution in [0.25, 0.3) is 0 Å². The number of thioether (sulfide) groups is 1. The van der Waals surface area contributed by atoms with Crippen LogP contribution < -0.4 is 10.6 Å². The van der Waals surface area contributed by atoms with Gasteiger partial charge in [0.05, 0.1) is 34.1 Å². The van der Waals surface area contributed by atoms with Crippen molar-refractivity contribution in [1.82, 2.24) is 9.80 Å². The Hall–Kier alpha value is -3.43. The van der Waals surface area contributed by atoms with Gasteiger partial charge in [0.25, 0.3) is 11.8 Å². The fourth-order valence-corrected chi connectivity index (χ4v) is 7.05. The van der Waals surface area contributed by atoms with E-state index in [1.54, 1.807) is 55.9 Å². The van der Waals surface area contributed by atoms with Gasteiger partial charge in [0.1, 0.15) is 10.0 Å². The van der Waals surface area contributed by atoms with Crippen LogP contribution >= 0.6 is 34.4 Å². The number of thiophene rings is 2. The number of hydrogen-bond donors (Lipinski definition) is 2. The molecule has 0 saturated heterocycles. The van der Waals surface area contributed by atoms with E-state index in [2.05, 4.69) is 10.6 Å². The Morgan fingerprint density at radius 2 is 1.02 bits per heavy atom. The fourth-order valence-electron chi connectivity index (χ4n) is 3.73. The first-order chi connectivity index (χ1) is 20.2. The second-order valence-corrected chi connectivity index (χ2v) is 12.8. The SMILES string of the molecule is CCOC(=O)c1c(NC(=O)CCSCCC(=O)Nc2sc(C(=O)N(C)C)c(C)c2C(=O)OCC)sc(C(=O)N(C)C)c1C. The standard InChI is InChI=1S/C28H38N4O8S3/c1-9-39-27(37)19-15(3)21(25(35)31(5)6)42-23(19)29-17(33)11-13-41-14-12-18(34)30-24-20(28(38)40-10-2)16(4)22(43-24)26(36)32(7)8/h9-14H2,1-8H3,(H,29,33)(H,30,34). The molecule has 15 heteroatoms. The molecule has 43 heavy (non-hydrogen) atoms. The summed E-state index contributed by atoms with van der Waals surface area (Å²) in [5, 5.41) is 5.97. The molecule has 0 bridgehead atoms. The Morgan fingerprint density at radius 3 is 1.33 bits per heavy atom. The maximum absolute atomic E-state index is 12.7. The van der Waals surface area contributed by atoms with Crippen LogP contribution in [0.3, 0.4) is 0 Å². The molecule has 0 aromatic carbocycles. The van der Waals surface area contributed by atoms with Gasteiger partial charge in [-0.3, -0.25) is 19.2 Å². The van der Waals surface area contributed by atoms with Crippen molar-refractivity contribution in [2.45, 2.75) is 40.5 Å². The van der Waals surface area contributed by atoms with Gasteiger partial charge in [0.2, 0.25) is 11.8 Å². The largest absolute Gasteiger partial charge is 0.462 e. The van der Waals surface area contributed by atoms with E-state index < -0.39 is 11.9 Å². The lowest BCUT2D eigenvalue weighted by molar-refractivity contribution is -0.116. The van der Waals surface area contributed by atoms with E-state index in [4.69, 9.17) is 9.47 Å². The van der Waals surface area contributed by atoms with E-state index in [9.17, 15) is 28.8 Å². The molecule has 0 spiro atoms. The van der Waals surface area contributed by atoms with Gasteiger partial charge in [-0.2, -0.15) is 11.8 Å². The summed E-state index contributed by atoms with van der Waals surface area (Å²) in [6.07, 6.45) is 0.213. The predicted octanol–water partition coefficient (Wildman–Crippen LogP) is 4.27. The third-order valence-electron chi connectivity index (χ3n) is 5.91. The Bertz CT molecular complexity index is 1280. The molecular weight excluding hydrogens is 617 g/mol. The summed E-state index contributed by atoms with van der Waals surface area (Å²) < 4.78 is 10.3. The van der Waals surface area contributed by atoms with E-state index in [1.165, 1.54) is 21.6 Å². The van der Waals surface area contributed by atoms with E-state index in [0.717, 1.165) is 22.7 Å². The zero-order valence-corrected chi connectivity index (χ0v) is 28.1. The average Bonchev–Trinajstić information content (AvgIpc) is 3.42. The number of esters is 2. The Balaban J connectivity index is 1.98. The van der Waals surface area contributed by atoms with Crippen molar-refractivity contribution >= 4 is 80.0 Å². The molecule has 0 unspecified atom stereocenters. The van der Waals surface area contributed by atoms with Gasteiger partial charge in [0, 0.05) is 52.5 Å². The van der Waals surface area contributed by atoms with Crippen molar-refractivity contribution in [3.8, 4) is 0 Å². The maximum Gasteiger partial charge on any atom is 0.341 e. The molecule has 2 heterocycles. The van der Waals surface area contributed by atoms with Crippen LogP contribution in [0.2, 0.25) is 0 Å². The van der Waals surface area contributed by atoms with Crippen LogP contribution in [0.4, 0.5) is 10.0 Å². The summed E-state index contributed by atoms with van der Waals surface area (Å²) in [6, 6.07) is 0. The highest BCUT2D eigenvalue weighted by molar-refractivity contribution is 7.99. The number of ether oxygens (including phenoxy) is 2. The summed E-state index contributed by atoms with van der Waals surface area (Å²) in [4.78, 5) is 79.1. The summed E-state index contributed by atoms with van der Waals surface area (Å²) in [5.74, 6) is -1.70. The Morgan fingerprint density at radius 1 is 0.674 bits per heavy atom. The zero-order valence-electron chi connectivity index (χ0n) is 25.6. The molecule has 0 radical (unpaired) electrons. The van der Waals surface area contributed by atoms with Crippen molar-refractivity contribution in [2.24, 2.45) is 0 Å². The first-order valence-corrected chi connectivity index (χ1v) is 16.2. The number of nitrogens with zero attached hydrogens (tertiary/aromatic N) is 2. The van der Waals surface area contributed by atoms with Gasteiger partial charge in [-0.1, -0.05) is 0 Å². The molecule has 12 nitrogen and oxygen atoms in total. The molecule has 0 fully saturated rings. The van der Waals surface area contributed by atoms with Crippen LogP contribution in [-0.4, -0.2) is 98.3 Å². The molecule has 0 saturated carbocycles. The van der Waals surface area contributed by atoms with Crippen molar-refractivity contribution in [3.05, 3.63) is 32.0 Å².